The second kappa shape index (κ2) is 11.0. The number of halogens is 1. The zero-order valence-electron chi connectivity index (χ0n) is 15.7. The number of benzene rings is 2. The van der Waals surface area contributed by atoms with Crippen molar-refractivity contribution in [3.63, 3.8) is 0 Å². The van der Waals surface area contributed by atoms with Gasteiger partial charge in [0.2, 0.25) is 0 Å². The zero-order chi connectivity index (χ0) is 20.4. The largest absolute Gasteiger partial charge is 0.497 e. The monoisotopic (exact) mass is 403 g/mol. The molecule has 0 radical (unpaired) electrons. The number of rotatable bonds is 9. The molecule has 6 nitrogen and oxygen atoms in total. The molecule has 1 amide bonds. The molecule has 148 valence electrons. The van der Waals surface area contributed by atoms with Crippen LogP contribution in [0.2, 0.25) is 5.02 Å². The van der Waals surface area contributed by atoms with Gasteiger partial charge in [-0.2, -0.15) is 0 Å². The molecule has 1 N–H and O–H groups in total. The molecule has 2 rings (SSSR count). The van der Waals surface area contributed by atoms with E-state index < -0.39 is 5.97 Å². The molecular formula is C21H22ClNO5. The maximum atomic E-state index is 11.8. The molecule has 0 aliphatic heterocycles. The van der Waals surface area contributed by atoms with Crippen LogP contribution in [0.15, 0.2) is 48.5 Å². The standard InChI is InChI=1S/C21H22ClNO5/c1-26-18-8-6-16(19(13-18)27-2)7-9-21(25)28-14-20(24)23-11-10-15-4-3-5-17(22)12-15/h3-9,12-13H,10-11,14H2,1-2H3,(H,23,24)/b9-7+. The molecule has 0 aliphatic rings. The highest BCUT2D eigenvalue weighted by molar-refractivity contribution is 6.30. The lowest BCUT2D eigenvalue weighted by atomic mass is 10.1. The maximum Gasteiger partial charge on any atom is 0.331 e. The number of methoxy groups -OCH3 is 2. The van der Waals surface area contributed by atoms with Crippen molar-refractivity contribution in [2.45, 2.75) is 6.42 Å². The zero-order valence-corrected chi connectivity index (χ0v) is 16.5. The summed E-state index contributed by atoms with van der Waals surface area (Å²) in [6, 6.07) is 12.6. The van der Waals surface area contributed by atoms with Gasteiger partial charge in [0.15, 0.2) is 6.61 Å². The Hall–Kier alpha value is -2.99. The molecule has 0 saturated carbocycles. The Morgan fingerprint density at radius 2 is 1.93 bits per heavy atom. The van der Waals surface area contributed by atoms with Gasteiger partial charge in [-0.05, 0) is 42.3 Å². The van der Waals surface area contributed by atoms with E-state index in [1.54, 1.807) is 37.5 Å². The normalized spacial score (nSPS) is 10.5. The average molecular weight is 404 g/mol. The molecule has 0 saturated heterocycles. The van der Waals surface area contributed by atoms with Gasteiger partial charge in [0.1, 0.15) is 11.5 Å². The van der Waals surface area contributed by atoms with Crippen molar-refractivity contribution < 1.29 is 23.8 Å². The quantitative estimate of drug-likeness (QED) is 0.513. The highest BCUT2D eigenvalue weighted by Crippen LogP contribution is 2.25. The number of hydrogen-bond donors (Lipinski definition) is 1. The minimum Gasteiger partial charge on any atom is -0.497 e. The van der Waals surface area contributed by atoms with Gasteiger partial charge < -0.3 is 19.5 Å². The maximum absolute atomic E-state index is 11.8. The Labute approximate surface area is 169 Å². The van der Waals surface area contributed by atoms with Crippen LogP contribution in [0.5, 0.6) is 11.5 Å². The summed E-state index contributed by atoms with van der Waals surface area (Å²) in [5.74, 6) is 0.210. The first-order valence-electron chi connectivity index (χ1n) is 8.60. The van der Waals surface area contributed by atoms with Gasteiger partial charge in [-0.1, -0.05) is 23.7 Å². The Morgan fingerprint density at radius 3 is 2.64 bits per heavy atom. The van der Waals surface area contributed by atoms with Crippen molar-refractivity contribution in [1.29, 1.82) is 0 Å². The van der Waals surface area contributed by atoms with E-state index >= 15 is 0 Å². The van der Waals surface area contributed by atoms with Gasteiger partial charge in [-0.3, -0.25) is 4.79 Å². The van der Waals surface area contributed by atoms with Gasteiger partial charge in [0.05, 0.1) is 14.2 Å². The molecule has 0 atom stereocenters. The summed E-state index contributed by atoms with van der Waals surface area (Å²) in [6.45, 7) is 0.0775. The lowest BCUT2D eigenvalue weighted by Crippen LogP contribution is -2.30. The fourth-order valence-electron chi connectivity index (χ4n) is 2.39. The van der Waals surface area contributed by atoms with Gasteiger partial charge in [0.25, 0.3) is 5.91 Å². The van der Waals surface area contributed by atoms with Crippen LogP contribution in [0.3, 0.4) is 0 Å². The average Bonchev–Trinajstić information content (AvgIpc) is 2.70. The van der Waals surface area contributed by atoms with E-state index in [1.165, 1.54) is 13.2 Å². The Bertz CT molecular complexity index is 850. The Morgan fingerprint density at radius 1 is 1.11 bits per heavy atom. The summed E-state index contributed by atoms with van der Waals surface area (Å²) in [4.78, 5) is 23.6. The van der Waals surface area contributed by atoms with Crippen LogP contribution in [0.1, 0.15) is 11.1 Å². The van der Waals surface area contributed by atoms with E-state index in [2.05, 4.69) is 5.32 Å². The highest BCUT2D eigenvalue weighted by atomic mass is 35.5. The smallest absolute Gasteiger partial charge is 0.331 e. The summed E-state index contributed by atoms with van der Waals surface area (Å²) in [5.41, 5.74) is 1.70. The number of carbonyl (C=O) groups excluding carboxylic acids is 2. The summed E-state index contributed by atoms with van der Waals surface area (Å²) in [5, 5.41) is 3.34. The van der Waals surface area contributed by atoms with Crippen molar-refractivity contribution >= 4 is 29.6 Å². The highest BCUT2D eigenvalue weighted by Gasteiger charge is 2.06. The van der Waals surface area contributed by atoms with Crippen LogP contribution in [-0.4, -0.2) is 39.2 Å². The summed E-state index contributed by atoms with van der Waals surface area (Å²) in [7, 11) is 3.08. The second-order valence-electron chi connectivity index (χ2n) is 5.78. The first kappa shape index (κ1) is 21.3. The number of nitrogens with one attached hydrogen (secondary N) is 1. The van der Waals surface area contributed by atoms with Crippen molar-refractivity contribution in [2.75, 3.05) is 27.4 Å². The van der Waals surface area contributed by atoms with Crippen LogP contribution in [0.25, 0.3) is 6.08 Å². The molecular weight excluding hydrogens is 382 g/mol. The third kappa shape index (κ3) is 6.96. The first-order valence-corrected chi connectivity index (χ1v) is 8.97. The molecule has 0 heterocycles. The minimum absolute atomic E-state index is 0.349. The SMILES string of the molecule is COc1ccc(/C=C/C(=O)OCC(=O)NCCc2cccc(Cl)c2)c(OC)c1. The third-order valence-corrected chi connectivity index (χ3v) is 4.05. The van der Waals surface area contributed by atoms with E-state index in [9.17, 15) is 9.59 Å². The predicted molar refractivity (Wildman–Crippen MR) is 108 cm³/mol. The summed E-state index contributed by atoms with van der Waals surface area (Å²) < 4.78 is 15.3. The van der Waals surface area contributed by atoms with Crippen LogP contribution < -0.4 is 14.8 Å². The van der Waals surface area contributed by atoms with Gasteiger partial charge in [-0.25, -0.2) is 4.79 Å². The molecule has 2 aromatic carbocycles. The number of ether oxygens (including phenoxy) is 3. The van der Waals surface area contributed by atoms with E-state index in [0.717, 1.165) is 5.56 Å². The summed E-state index contributed by atoms with van der Waals surface area (Å²) in [6.07, 6.45) is 3.43. The number of carbonyl (C=O) groups is 2. The van der Waals surface area contributed by atoms with Gasteiger partial charge in [-0.15, -0.1) is 0 Å². The fraction of sp³-hybridized carbons (Fsp3) is 0.238. The molecule has 7 heteroatoms. The molecule has 0 aliphatic carbocycles. The lowest BCUT2D eigenvalue weighted by Gasteiger charge is -2.07. The van der Waals surface area contributed by atoms with Crippen molar-refractivity contribution in [3.8, 4) is 11.5 Å². The summed E-state index contributed by atoms with van der Waals surface area (Å²) >= 11 is 5.91. The fourth-order valence-corrected chi connectivity index (χ4v) is 2.60. The Kier molecular flexibility index (Phi) is 8.37. The van der Waals surface area contributed by atoms with E-state index in [4.69, 9.17) is 25.8 Å². The topological polar surface area (TPSA) is 73.9 Å². The third-order valence-electron chi connectivity index (χ3n) is 3.81. The molecule has 0 bridgehead atoms. The van der Waals surface area contributed by atoms with Crippen molar-refractivity contribution in [2.24, 2.45) is 0 Å². The van der Waals surface area contributed by atoms with Crippen molar-refractivity contribution in [1.82, 2.24) is 5.32 Å². The first-order chi connectivity index (χ1) is 13.5. The molecule has 0 aromatic heterocycles. The second-order valence-corrected chi connectivity index (χ2v) is 6.22. The lowest BCUT2D eigenvalue weighted by molar-refractivity contribution is -0.143. The van der Waals surface area contributed by atoms with E-state index in [-0.39, 0.29) is 12.5 Å². The van der Waals surface area contributed by atoms with E-state index in [1.807, 2.05) is 18.2 Å². The molecule has 2 aromatic rings. The van der Waals surface area contributed by atoms with Crippen LogP contribution in [0.4, 0.5) is 0 Å². The van der Waals surface area contributed by atoms with Gasteiger partial charge in [0, 0.05) is 29.3 Å². The van der Waals surface area contributed by atoms with Gasteiger partial charge >= 0.3 is 5.97 Å². The van der Waals surface area contributed by atoms with Crippen LogP contribution in [0, 0.1) is 0 Å². The minimum atomic E-state index is -0.622. The molecule has 0 spiro atoms. The molecule has 0 fully saturated rings. The molecule has 28 heavy (non-hydrogen) atoms. The number of esters is 1. The molecule has 0 unspecified atom stereocenters. The van der Waals surface area contributed by atoms with Crippen molar-refractivity contribution in [3.05, 3.63) is 64.7 Å². The number of hydrogen-bond acceptors (Lipinski definition) is 5. The van der Waals surface area contributed by atoms with Crippen LogP contribution >= 0.6 is 11.6 Å². The predicted octanol–water partition coefficient (Wildman–Crippen LogP) is 3.27. The van der Waals surface area contributed by atoms with Crippen LogP contribution in [-0.2, 0) is 20.7 Å². The van der Waals surface area contributed by atoms with E-state index in [0.29, 0.717) is 35.1 Å². The number of amides is 1. The Balaban J connectivity index is 1.75.